The Balaban J connectivity index is 1.40. The molecule has 8 nitrogen and oxygen atoms in total. The molecule has 3 aromatic rings. The Morgan fingerprint density at radius 3 is 1.91 bits per heavy atom. The van der Waals surface area contributed by atoms with Crippen LogP contribution in [-0.2, 0) is 19.1 Å². The van der Waals surface area contributed by atoms with Crippen molar-refractivity contribution in [3.05, 3.63) is 114 Å². The maximum atomic E-state index is 12.7. The van der Waals surface area contributed by atoms with Crippen LogP contribution in [0.1, 0.15) is 59.7 Å². The molecule has 0 fully saturated rings. The number of benzene rings is 3. The fourth-order valence-electron chi connectivity index (χ4n) is 3.88. The predicted molar refractivity (Wildman–Crippen MR) is 171 cm³/mol. The summed E-state index contributed by atoms with van der Waals surface area (Å²) in [5.41, 5.74) is 3.15. The zero-order valence-corrected chi connectivity index (χ0v) is 26.1. The molecule has 0 saturated carbocycles. The summed E-state index contributed by atoms with van der Waals surface area (Å²) in [6.45, 7) is 10.8. The largest absolute Gasteiger partial charge is 0.494 e. The van der Waals surface area contributed by atoms with Gasteiger partial charge in [0.25, 0.3) is 0 Å². The van der Waals surface area contributed by atoms with E-state index in [0.29, 0.717) is 41.6 Å². The molecule has 0 amide bonds. The standard InChI is InChI=1S/C37H37FO8/c1-26(2)35(39)44-22-8-6-5-7-21-42-33-17-19-34(20-18-33)46-37(41)31-14-13-30(27(3)25-31)12-9-29-10-15-32(16-11-29)43-23-24-45-36(40)28(4)38/h10-11,13-20,25H,1,4-8,21-24H2,2-3H3. The number of esters is 3. The number of hydrogen-bond donors (Lipinski definition) is 0. The summed E-state index contributed by atoms with van der Waals surface area (Å²) in [5.74, 6) is 4.72. The van der Waals surface area contributed by atoms with Crippen LogP contribution in [0.2, 0.25) is 0 Å². The average Bonchev–Trinajstić information content (AvgIpc) is 3.04. The van der Waals surface area contributed by atoms with Crippen LogP contribution in [0, 0.1) is 18.8 Å². The van der Waals surface area contributed by atoms with Gasteiger partial charge < -0.3 is 23.7 Å². The van der Waals surface area contributed by atoms with Gasteiger partial charge in [0.15, 0.2) is 0 Å². The lowest BCUT2D eigenvalue weighted by Gasteiger charge is -2.09. The van der Waals surface area contributed by atoms with Gasteiger partial charge in [-0.2, -0.15) is 4.39 Å². The zero-order chi connectivity index (χ0) is 33.3. The van der Waals surface area contributed by atoms with Gasteiger partial charge in [-0.1, -0.05) is 25.0 Å². The SMILES string of the molecule is C=C(C)C(=O)OCCCCCCOc1ccc(OC(=O)c2ccc(C#Cc3ccc(OCCOC(=O)C(=C)F)cc3)c(C)c2)cc1. The molecule has 240 valence electrons. The van der Waals surface area contributed by atoms with E-state index in [2.05, 4.69) is 29.7 Å². The van der Waals surface area contributed by atoms with E-state index in [1.54, 1.807) is 73.7 Å². The molecule has 0 aliphatic rings. The first-order chi connectivity index (χ1) is 22.1. The molecule has 46 heavy (non-hydrogen) atoms. The molecular formula is C37H37FO8. The normalized spacial score (nSPS) is 10.2. The predicted octanol–water partition coefficient (Wildman–Crippen LogP) is 7.08. The van der Waals surface area contributed by atoms with Gasteiger partial charge >= 0.3 is 17.9 Å². The number of unbranched alkanes of at least 4 members (excludes halogenated alkanes) is 3. The third-order valence-electron chi connectivity index (χ3n) is 6.39. The molecule has 0 heterocycles. The number of aryl methyl sites for hydroxylation is 1. The van der Waals surface area contributed by atoms with E-state index in [4.69, 9.17) is 18.9 Å². The van der Waals surface area contributed by atoms with E-state index in [-0.39, 0.29) is 19.2 Å². The van der Waals surface area contributed by atoms with Crippen molar-refractivity contribution in [1.82, 2.24) is 0 Å². The maximum Gasteiger partial charge on any atom is 0.366 e. The summed E-state index contributed by atoms with van der Waals surface area (Å²) in [4.78, 5) is 35.1. The molecule has 3 aromatic carbocycles. The summed E-state index contributed by atoms with van der Waals surface area (Å²) >= 11 is 0. The third kappa shape index (κ3) is 12.3. The Bertz CT molecular complexity index is 1580. The van der Waals surface area contributed by atoms with Crippen LogP contribution < -0.4 is 14.2 Å². The number of rotatable bonds is 16. The Hall–Kier alpha value is -5.36. The summed E-state index contributed by atoms with van der Waals surface area (Å²) in [5, 5.41) is 0. The fraction of sp³-hybridized carbons (Fsp3) is 0.270. The van der Waals surface area contributed by atoms with Gasteiger partial charge in [-0.25, -0.2) is 14.4 Å². The number of ether oxygens (including phenoxy) is 5. The molecule has 0 aliphatic carbocycles. The minimum Gasteiger partial charge on any atom is -0.494 e. The molecule has 9 heteroatoms. The second kappa shape index (κ2) is 18.4. The third-order valence-corrected chi connectivity index (χ3v) is 6.39. The van der Waals surface area contributed by atoms with Crippen molar-refractivity contribution in [3.63, 3.8) is 0 Å². The summed E-state index contributed by atoms with van der Waals surface area (Å²) in [6, 6.07) is 19.1. The Morgan fingerprint density at radius 2 is 1.28 bits per heavy atom. The highest BCUT2D eigenvalue weighted by Gasteiger charge is 2.11. The zero-order valence-electron chi connectivity index (χ0n) is 26.1. The van der Waals surface area contributed by atoms with E-state index < -0.39 is 17.8 Å². The van der Waals surface area contributed by atoms with Gasteiger partial charge in [-0.05, 0) is 112 Å². The van der Waals surface area contributed by atoms with E-state index in [0.717, 1.165) is 42.4 Å². The first kappa shape index (κ1) is 35.1. The van der Waals surface area contributed by atoms with Crippen LogP contribution in [0.3, 0.4) is 0 Å². The Kier molecular flexibility index (Phi) is 14.1. The molecule has 0 atom stereocenters. The molecule has 0 unspecified atom stereocenters. The van der Waals surface area contributed by atoms with E-state index in [1.165, 1.54) is 0 Å². The molecule has 0 aromatic heterocycles. The second-order valence-electron chi connectivity index (χ2n) is 10.2. The molecule has 0 spiro atoms. The molecule has 0 bridgehead atoms. The van der Waals surface area contributed by atoms with Crippen LogP contribution in [0.15, 0.2) is 91.3 Å². The van der Waals surface area contributed by atoms with Crippen LogP contribution in [0.4, 0.5) is 4.39 Å². The second-order valence-corrected chi connectivity index (χ2v) is 10.2. The number of hydrogen-bond acceptors (Lipinski definition) is 8. The summed E-state index contributed by atoms with van der Waals surface area (Å²) in [7, 11) is 0. The van der Waals surface area contributed by atoms with Gasteiger partial charge in [0.2, 0.25) is 5.83 Å². The van der Waals surface area contributed by atoms with Gasteiger partial charge in [-0.3, -0.25) is 0 Å². The molecular weight excluding hydrogens is 591 g/mol. The molecule has 0 N–H and O–H groups in total. The van der Waals surface area contributed by atoms with Gasteiger partial charge in [0.1, 0.15) is 30.5 Å². The lowest BCUT2D eigenvalue weighted by Crippen LogP contribution is -2.12. The van der Waals surface area contributed by atoms with Crippen molar-refractivity contribution in [2.75, 3.05) is 26.4 Å². The Labute approximate surface area is 268 Å². The van der Waals surface area contributed by atoms with Gasteiger partial charge in [0.05, 0.1) is 18.8 Å². The van der Waals surface area contributed by atoms with E-state index in [1.807, 2.05) is 6.92 Å². The highest BCUT2D eigenvalue weighted by atomic mass is 19.1. The van der Waals surface area contributed by atoms with Crippen LogP contribution >= 0.6 is 0 Å². The van der Waals surface area contributed by atoms with Crippen molar-refractivity contribution in [3.8, 4) is 29.1 Å². The van der Waals surface area contributed by atoms with Crippen molar-refractivity contribution >= 4 is 17.9 Å². The smallest absolute Gasteiger partial charge is 0.366 e. The lowest BCUT2D eigenvalue weighted by atomic mass is 10.0. The van der Waals surface area contributed by atoms with Crippen molar-refractivity contribution in [1.29, 1.82) is 0 Å². The quantitative estimate of drug-likeness (QED) is 0.0546. The van der Waals surface area contributed by atoms with Crippen molar-refractivity contribution in [2.45, 2.75) is 39.5 Å². The van der Waals surface area contributed by atoms with Crippen LogP contribution in [-0.4, -0.2) is 44.3 Å². The first-order valence-electron chi connectivity index (χ1n) is 14.8. The number of carbonyl (C=O) groups excluding carboxylic acids is 3. The topological polar surface area (TPSA) is 97.4 Å². The van der Waals surface area contributed by atoms with Gasteiger partial charge in [-0.15, -0.1) is 0 Å². The molecule has 0 saturated heterocycles. The van der Waals surface area contributed by atoms with Crippen molar-refractivity contribution < 1.29 is 42.5 Å². The molecule has 3 rings (SSSR count). The Morgan fingerprint density at radius 1 is 0.696 bits per heavy atom. The average molecular weight is 629 g/mol. The monoisotopic (exact) mass is 628 g/mol. The summed E-state index contributed by atoms with van der Waals surface area (Å²) < 4.78 is 39.1. The minimum absolute atomic E-state index is 0.0683. The minimum atomic E-state index is -1.15. The van der Waals surface area contributed by atoms with E-state index >= 15 is 0 Å². The highest BCUT2D eigenvalue weighted by Crippen LogP contribution is 2.20. The van der Waals surface area contributed by atoms with Crippen molar-refractivity contribution in [2.24, 2.45) is 0 Å². The molecule has 0 aliphatic heterocycles. The molecule has 0 radical (unpaired) electrons. The van der Waals surface area contributed by atoms with E-state index in [9.17, 15) is 18.8 Å². The lowest BCUT2D eigenvalue weighted by molar-refractivity contribution is -0.141. The number of carbonyl (C=O) groups is 3. The highest BCUT2D eigenvalue weighted by molar-refractivity contribution is 5.91. The maximum absolute atomic E-state index is 12.7. The van der Waals surface area contributed by atoms with Gasteiger partial charge in [0, 0.05) is 16.7 Å². The van der Waals surface area contributed by atoms with Crippen LogP contribution in [0.5, 0.6) is 17.2 Å². The first-order valence-corrected chi connectivity index (χ1v) is 14.8. The summed E-state index contributed by atoms with van der Waals surface area (Å²) in [6.07, 6.45) is 3.56. The van der Waals surface area contributed by atoms with Crippen LogP contribution in [0.25, 0.3) is 0 Å². The fourth-order valence-corrected chi connectivity index (χ4v) is 3.88. The number of halogens is 1.